The number of ketones is 2. The Morgan fingerprint density at radius 2 is 1.71 bits per heavy atom. The molecule has 4 N–H and O–H groups in total. The number of aliphatic hydroxyl groups is 2. The lowest BCUT2D eigenvalue weighted by atomic mass is 9.96. The maximum Gasteiger partial charge on any atom is 0.130 e. The van der Waals surface area contributed by atoms with E-state index in [-0.39, 0.29) is 17.6 Å². The molecule has 48 heavy (non-hydrogen) atoms. The fourth-order valence-electron chi connectivity index (χ4n) is 5.98. The highest BCUT2D eigenvalue weighted by Gasteiger charge is 2.22. The van der Waals surface area contributed by atoms with Crippen molar-refractivity contribution in [1.29, 1.82) is 0 Å². The van der Waals surface area contributed by atoms with Crippen LogP contribution in [0.15, 0.2) is 103 Å². The van der Waals surface area contributed by atoms with E-state index in [1.54, 1.807) is 27.7 Å². The predicted molar refractivity (Wildman–Crippen MR) is 200 cm³/mol. The normalized spacial score (nSPS) is 26.3. The van der Waals surface area contributed by atoms with E-state index in [0.29, 0.717) is 57.1 Å². The molecule has 0 saturated carbocycles. The quantitative estimate of drug-likeness (QED) is 0.159. The van der Waals surface area contributed by atoms with Crippen molar-refractivity contribution in [2.75, 3.05) is 0 Å². The zero-order valence-electron chi connectivity index (χ0n) is 30.7. The molecule has 0 aromatic carbocycles. The second-order valence-electron chi connectivity index (χ2n) is 13.0. The summed E-state index contributed by atoms with van der Waals surface area (Å²) in [4.78, 5) is 33.3. The van der Waals surface area contributed by atoms with Crippen molar-refractivity contribution in [3.8, 4) is 0 Å². The summed E-state index contributed by atoms with van der Waals surface area (Å²) in [6.45, 7) is 24.7. The minimum Gasteiger partial charge on any atom is -0.389 e. The molecule has 0 amide bonds. The van der Waals surface area contributed by atoms with Crippen LogP contribution in [0.4, 0.5) is 0 Å². The Morgan fingerprint density at radius 3 is 2.25 bits per heavy atom. The van der Waals surface area contributed by atoms with E-state index < -0.39 is 12.2 Å². The van der Waals surface area contributed by atoms with Gasteiger partial charge < -0.3 is 30.4 Å². The van der Waals surface area contributed by atoms with Crippen molar-refractivity contribution >= 4 is 24.0 Å². The summed E-state index contributed by atoms with van der Waals surface area (Å²) in [7, 11) is 0. The van der Waals surface area contributed by atoms with E-state index in [4.69, 9.17) is 4.99 Å². The van der Waals surface area contributed by atoms with Crippen molar-refractivity contribution in [3.05, 3.63) is 92.8 Å². The first-order valence-electron chi connectivity index (χ1n) is 17.1. The number of allylic oxidation sites excluding steroid dienone is 8. The number of carbonyl (C=O) groups is 2. The van der Waals surface area contributed by atoms with Crippen molar-refractivity contribution in [2.45, 2.75) is 132 Å². The first-order valence-corrected chi connectivity index (χ1v) is 17.1. The van der Waals surface area contributed by atoms with Gasteiger partial charge in [0, 0.05) is 48.1 Å². The van der Waals surface area contributed by atoms with Crippen LogP contribution in [-0.4, -0.2) is 52.5 Å². The van der Waals surface area contributed by atoms with Gasteiger partial charge in [-0.15, -0.1) is 0 Å². The number of hydrogen-bond donors (Lipinski definition) is 4. The molecule has 3 atom stereocenters. The maximum atomic E-state index is 12.0. The molecule has 2 heterocycles. The molecule has 0 spiro atoms. The number of carbonyl (C=O) groups excluding carboxylic acids is 2. The monoisotopic (exact) mass is 658 g/mol. The van der Waals surface area contributed by atoms with Crippen molar-refractivity contribution in [3.63, 3.8) is 0 Å². The van der Waals surface area contributed by atoms with Crippen LogP contribution in [0, 0.1) is 0 Å². The zero-order chi connectivity index (χ0) is 36.1. The van der Waals surface area contributed by atoms with E-state index in [1.807, 2.05) is 39.8 Å². The Bertz CT molecular complexity index is 1510. The van der Waals surface area contributed by atoms with Crippen LogP contribution in [0.3, 0.4) is 0 Å². The lowest BCUT2D eigenvalue weighted by molar-refractivity contribution is -0.117. The SMILES string of the molecule is C=NC1=C\C(=C(\CC)C(C)O)NC(C)/C=C2\N=C(C/C=C(/CCCC(C)=O)N/C(C(=C)C)=C\C/C(C(C)O)=C\1C)C(CCC(C)=O)=C2C. The molecule has 2 bridgehead atoms. The maximum absolute atomic E-state index is 12.0. The summed E-state index contributed by atoms with van der Waals surface area (Å²) in [6, 6.07) is -0.176. The van der Waals surface area contributed by atoms with Crippen LogP contribution in [0.5, 0.6) is 0 Å². The number of aliphatic imine (C=N–C) groups is 2. The minimum absolute atomic E-state index is 0.130. The number of hydrogen-bond acceptors (Lipinski definition) is 8. The molecule has 2 aliphatic heterocycles. The smallest absolute Gasteiger partial charge is 0.130 e. The third-order valence-corrected chi connectivity index (χ3v) is 8.81. The molecule has 8 heteroatoms. The van der Waals surface area contributed by atoms with Gasteiger partial charge in [-0.25, -0.2) is 0 Å². The molecule has 0 radical (unpaired) electrons. The summed E-state index contributed by atoms with van der Waals surface area (Å²) in [5.74, 6) is 0.276. The van der Waals surface area contributed by atoms with Gasteiger partial charge in [-0.05, 0) is 140 Å². The Labute approximate surface area is 288 Å². The van der Waals surface area contributed by atoms with Crippen LogP contribution in [0.25, 0.3) is 0 Å². The van der Waals surface area contributed by atoms with E-state index in [9.17, 15) is 19.8 Å². The molecular formula is C40H58N4O4. The predicted octanol–water partition coefficient (Wildman–Crippen LogP) is 7.80. The number of Topliss-reactive ketones (excluding diaryl/α,β-unsaturated/α-hetero) is 2. The molecule has 2 rings (SSSR count). The summed E-state index contributed by atoms with van der Waals surface area (Å²) in [5.41, 5.74) is 10.2. The van der Waals surface area contributed by atoms with Crippen LogP contribution in [-0.2, 0) is 9.59 Å². The summed E-state index contributed by atoms with van der Waals surface area (Å²) in [6.07, 6.45) is 11.2. The van der Waals surface area contributed by atoms with Crippen LogP contribution < -0.4 is 10.6 Å². The average molecular weight is 659 g/mol. The van der Waals surface area contributed by atoms with Crippen molar-refractivity contribution in [2.24, 2.45) is 9.98 Å². The lowest BCUT2D eigenvalue weighted by Crippen LogP contribution is -2.26. The first-order chi connectivity index (χ1) is 22.6. The van der Waals surface area contributed by atoms with Gasteiger partial charge in [0.1, 0.15) is 11.6 Å². The Balaban J connectivity index is 2.90. The summed E-state index contributed by atoms with van der Waals surface area (Å²) >= 11 is 0. The lowest BCUT2D eigenvalue weighted by Gasteiger charge is -2.21. The number of aliphatic hydroxyl groups excluding tert-OH is 2. The third kappa shape index (κ3) is 12.0. The van der Waals surface area contributed by atoms with E-state index in [2.05, 4.69) is 48.0 Å². The molecule has 262 valence electrons. The molecule has 0 aromatic rings. The number of nitrogens with zero attached hydrogens (tertiary/aromatic N) is 2. The highest BCUT2D eigenvalue weighted by molar-refractivity contribution is 6.06. The highest BCUT2D eigenvalue weighted by atomic mass is 16.3. The van der Waals surface area contributed by atoms with E-state index in [0.717, 1.165) is 61.9 Å². The topological polar surface area (TPSA) is 123 Å². The number of rotatable bonds is 12. The largest absolute Gasteiger partial charge is 0.389 e. The van der Waals surface area contributed by atoms with Gasteiger partial charge in [-0.1, -0.05) is 25.7 Å². The standard InChI is InChI=1S/C40H58N4O4/c1-12-33(30(9)47)40-23-38(41-11)28(7)34(31(10)48)19-21-36(24(2)3)43-32(15-13-14-26(5)45)17-20-37-35(18-16-27(6)46)29(8)39(44-37)22-25(4)42-40/h17,21-23,25,30-31,42-43,47-48H,2,11-16,18-20H2,1,3-10H3/b32-17-,34-28+,36-21-,38-23-,39-22-,40-33+. The highest BCUT2D eigenvalue weighted by Crippen LogP contribution is 2.31. The number of fused-ring (bicyclic) bond motifs is 1. The van der Waals surface area contributed by atoms with E-state index in [1.165, 1.54) is 0 Å². The summed E-state index contributed by atoms with van der Waals surface area (Å²) in [5, 5.41) is 28.8. The molecule has 0 aromatic heterocycles. The molecular weight excluding hydrogens is 600 g/mol. The minimum atomic E-state index is -0.753. The van der Waals surface area contributed by atoms with Crippen LogP contribution in [0.1, 0.15) is 114 Å². The zero-order valence-corrected chi connectivity index (χ0v) is 30.7. The number of nitrogens with one attached hydrogen (secondary N) is 2. The van der Waals surface area contributed by atoms with Gasteiger partial charge >= 0.3 is 0 Å². The average Bonchev–Trinajstić information content (AvgIpc) is 3.28. The molecule has 8 nitrogen and oxygen atoms in total. The van der Waals surface area contributed by atoms with Gasteiger partial charge in [-0.2, -0.15) is 0 Å². The second-order valence-corrected chi connectivity index (χ2v) is 13.0. The third-order valence-electron chi connectivity index (χ3n) is 8.81. The Morgan fingerprint density at radius 1 is 1.04 bits per heavy atom. The van der Waals surface area contributed by atoms with E-state index >= 15 is 0 Å². The van der Waals surface area contributed by atoms with Crippen LogP contribution in [0.2, 0.25) is 0 Å². The molecule has 3 unspecified atom stereocenters. The summed E-state index contributed by atoms with van der Waals surface area (Å²) < 4.78 is 0. The van der Waals surface area contributed by atoms with Crippen molar-refractivity contribution in [1.82, 2.24) is 10.6 Å². The molecule has 2 aliphatic rings. The van der Waals surface area contributed by atoms with Crippen molar-refractivity contribution < 1.29 is 19.8 Å². The van der Waals surface area contributed by atoms with Gasteiger partial charge in [0.25, 0.3) is 0 Å². The second kappa shape index (κ2) is 19.2. The van der Waals surface area contributed by atoms with Gasteiger partial charge in [0.05, 0.1) is 23.6 Å². The van der Waals surface area contributed by atoms with Crippen LogP contribution >= 0.6 is 0 Å². The molecule has 0 fully saturated rings. The fraction of sp³-hybridized carbons (Fsp3) is 0.500. The molecule has 0 aliphatic carbocycles. The Hall–Kier alpha value is -3.88. The van der Waals surface area contributed by atoms with Gasteiger partial charge in [-0.3, -0.25) is 9.98 Å². The first kappa shape index (κ1) is 40.3. The fourth-order valence-corrected chi connectivity index (χ4v) is 5.98. The Kier molecular flexibility index (Phi) is 16.1. The molecule has 0 saturated heterocycles. The van der Waals surface area contributed by atoms with Gasteiger partial charge in [0.2, 0.25) is 0 Å². The van der Waals surface area contributed by atoms with Gasteiger partial charge in [0.15, 0.2) is 0 Å².